The maximum atomic E-state index is 6.17. The number of nitrogens with zero attached hydrogens (tertiary/aromatic N) is 1. The highest BCUT2D eigenvalue weighted by Crippen LogP contribution is 2.30. The molecule has 0 amide bonds. The van der Waals surface area contributed by atoms with Crippen LogP contribution in [0.3, 0.4) is 0 Å². The third-order valence-corrected chi connectivity index (χ3v) is 6.19. The first-order chi connectivity index (χ1) is 12.3. The van der Waals surface area contributed by atoms with Crippen LogP contribution in [0.4, 0.5) is 5.69 Å². The van der Waals surface area contributed by atoms with Crippen molar-refractivity contribution in [1.82, 2.24) is 4.90 Å². The van der Waals surface area contributed by atoms with Gasteiger partial charge in [0.1, 0.15) is 5.75 Å². The number of aryl methyl sites for hydroxylation is 1. The van der Waals surface area contributed by atoms with E-state index in [0.717, 1.165) is 44.5 Å². The molecule has 1 aromatic carbocycles. The molecule has 3 aliphatic heterocycles. The highest BCUT2D eigenvalue weighted by atomic mass is 16.5. The summed E-state index contributed by atoms with van der Waals surface area (Å²) in [6.07, 6.45) is 7.54. The number of hydrogen-bond acceptors (Lipinski definition) is 4. The van der Waals surface area contributed by atoms with Crippen molar-refractivity contribution in [3.8, 4) is 5.75 Å². The lowest BCUT2D eigenvalue weighted by Gasteiger charge is -2.35. The van der Waals surface area contributed by atoms with E-state index in [1.54, 1.807) is 0 Å². The fourth-order valence-electron chi connectivity index (χ4n) is 4.56. The Morgan fingerprint density at radius 2 is 2.04 bits per heavy atom. The largest absolute Gasteiger partial charge is 0.493 e. The Hall–Kier alpha value is -1.26. The molecule has 0 saturated carbocycles. The zero-order valence-corrected chi connectivity index (χ0v) is 15.5. The van der Waals surface area contributed by atoms with Crippen LogP contribution in [0.25, 0.3) is 0 Å². The second-order valence-electron chi connectivity index (χ2n) is 8.04. The highest BCUT2D eigenvalue weighted by molar-refractivity contribution is 5.52. The summed E-state index contributed by atoms with van der Waals surface area (Å²) >= 11 is 0. The van der Waals surface area contributed by atoms with Gasteiger partial charge < -0.3 is 19.7 Å². The van der Waals surface area contributed by atoms with E-state index in [1.807, 2.05) is 0 Å². The van der Waals surface area contributed by atoms with Gasteiger partial charge in [0, 0.05) is 43.6 Å². The van der Waals surface area contributed by atoms with E-state index >= 15 is 0 Å². The maximum Gasteiger partial charge on any atom is 0.124 e. The molecule has 0 radical (unpaired) electrons. The molecule has 4 nitrogen and oxygen atoms in total. The van der Waals surface area contributed by atoms with E-state index in [9.17, 15) is 0 Å². The molecule has 0 spiro atoms. The molecule has 2 unspecified atom stereocenters. The van der Waals surface area contributed by atoms with Crippen molar-refractivity contribution < 1.29 is 9.47 Å². The van der Waals surface area contributed by atoms with E-state index in [0.29, 0.717) is 12.0 Å². The van der Waals surface area contributed by atoms with Crippen LogP contribution in [-0.4, -0.2) is 49.9 Å². The molecule has 3 heterocycles. The van der Waals surface area contributed by atoms with Gasteiger partial charge in [-0.25, -0.2) is 0 Å². The minimum Gasteiger partial charge on any atom is -0.493 e. The third-order valence-electron chi connectivity index (χ3n) is 6.19. The number of fused-ring (bicyclic) bond motifs is 1. The summed E-state index contributed by atoms with van der Waals surface area (Å²) in [4.78, 5) is 2.68. The Morgan fingerprint density at radius 3 is 2.92 bits per heavy atom. The number of anilines is 1. The fourth-order valence-corrected chi connectivity index (χ4v) is 4.56. The van der Waals surface area contributed by atoms with Gasteiger partial charge in [0.2, 0.25) is 0 Å². The van der Waals surface area contributed by atoms with Gasteiger partial charge in [-0.15, -0.1) is 0 Å². The average Bonchev–Trinajstić information content (AvgIpc) is 3.11. The van der Waals surface area contributed by atoms with Gasteiger partial charge in [-0.1, -0.05) is 6.07 Å². The van der Waals surface area contributed by atoms with Gasteiger partial charge in [0.15, 0.2) is 0 Å². The van der Waals surface area contributed by atoms with Crippen molar-refractivity contribution in [1.29, 1.82) is 0 Å². The van der Waals surface area contributed by atoms with E-state index in [-0.39, 0.29) is 0 Å². The van der Waals surface area contributed by atoms with Crippen LogP contribution in [0, 0.1) is 12.8 Å². The zero-order chi connectivity index (χ0) is 17.1. The van der Waals surface area contributed by atoms with Crippen molar-refractivity contribution >= 4 is 5.69 Å². The molecule has 25 heavy (non-hydrogen) atoms. The monoisotopic (exact) mass is 344 g/mol. The molecular formula is C21H32N2O2. The van der Waals surface area contributed by atoms with Crippen LogP contribution < -0.4 is 10.1 Å². The van der Waals surface area contributed by atoms with Gasteiger partial charge in [0.05, 0.1) is 6.61 Å². The van der Waals surface area contributed by atoms with Gasteiger partial charge in [0.25, 0.3) is 0 Å². The Bertz CT molecular complexity index is 571. The number of benzene rings is 1. The Labute approximate surface area is 151 Å². The smallest absolute Gasteiger partial charge is 0.124 e. The maximum absolute atomic E-state index is 6.17. The zero-order valence-electron chi connectivity index (χ0n) is 15.5. The van der Waals surface area contributed by atoms with Gasteiger partial charge in [-0.3, -0.25) is 0 Å². The summed E-state index contributed by atoms with van der Waals surface area (Å²) in [5.41, 5.74) is 2.44. The lowest BCUT2D eigenvalue weighted by atomic mass is 9.97. The Morgan fingerprint density at radius 1 is 1.16 bits per heavy atom. The van der Waals surface area contributed by atoms with Gasteiger partial charge in [-0.05, 0) is 69.5 Å². The summed E-state index contributed by atoms with van der Waals surface area (Å²) in [5, 5.41) is 3.77. The van der Waals surface area contributed by atoms with Crippen LogP contribution in [0.1, 0.15) is 44.1 Å². The molecule has 1 N–H and O–H groups in total. The molecule has 138 valence electrons. The van der Waals surface area contributed by atoms with E-state index in [2.05, 4.69) is 35.3 Å². The van der Waals surface area contributed by atoms with Crippen LogP contribution in [-0.2, 0) is 4.74 Å². The van der Waals surface area contributed by atoms with Crippen LogP contribution in [0.2, 0.25) is 0 Å². The molecule has 3 aliphatic rings. The highest BCUT2D eigenvalue weighted by Gasteiger charge is 2.31. The molecule has 0 aromatic heterocycles. The van der Waals surface area contributed by atoms with Crippen LogP contribution in [0.15, 0.2) is 18.2 Å². The Kier molecular flexibility index (Phi) is 5.47. The minimum absolute atomic E-state index is 0.602. The lowest BCUT2D eigenvalue weighted by molar-refractivity contribution is 0.0496. The summed E-state index contributed by atoms with van der Waals surface area (Å²) in [6, 6.07) is 8.01. The first-order valence-corrected chi connectivity index (χ1v) is 10.1. The molecule has 1 aromatic rings. The molecule has 4 heteroatoms. The predicted octanol–water partition coefficient (Wildman–Crippen LogP) is 3.84. The molecule has 0 bridgehead atoms. The van der Waals surface area contributed by atoms with Crippen LogP contribution in [0.5, 0.6) is 5.75 Å². The average molecular weight is 344 g/mol. The number of rotatable bonds is 5. The van der Waals surface area contributed by atoms with Gasteiger partial charge in [-0.2, -0.15) is 0 Å². The first-order valence-electron chi connectivity index (χ1n) is 10.1. The second kappa shape index (κ2) is 7.96. The van der Waals surface area contributed by atoms with E-state index in [1.165, 1.54) is 50.0 Å². The standard InChI is InChI=1S/C21H32N2O2/c1-16-4-5-18(14-21(16)25-15-17-7-11-24-12-8-17)22-19-6-10-23-9-2-3-20(23)13-19/h4-5,14,17,19-20,22H,2-3,6-13,15H2,1H3. The predicted molar refractivity (Wildman–Crippen MR) is 101 cm³/mol. The summed E-state index contributed by atoms with van der Waals surface area (Å²) < 4.78 is 11.6. The van der Waals surface area contributed by atoms with Crippen molar-refractivity contribution in [2.45, 2.75) is 57.5 Å². The summed E-state index contributed by atoms with van der Waals surface area (Å²) in [7, 11) is 0. The second-order valence-corrected chi connectivity index (χ2v) is 8.04. The summed E-state index contributed by atoms with van der Waals surface area (Å²) in [6.45, 7) is 7.28. The van der Waals surface area contributed by atoms with E-state index in [4.69, 9.17) is 9.47 Å². The minimum atomic E-state index is 0.602. The van der Waals surface area contributed by atoms with Crippen molar-refractivity contribution in [3.63, 3.8) is 0 Å². The topological polar surface area (TPSA) is 33.7 Å². The van der Waals surface area contributed by atoms with E-state index < -0.39 is 0 Å². The van der Waals surface area contributed by atoms with Gasteiger partial charge >= 0.3 is 0 Å². The Balaban J connectivity index is 1.34. The van der Waals surface area contributed by atoms with Crippen molar-refractivity contribution in [3.05, 3.63) is 23.8 Å². The molecular weight excluding hydrogens is 312 g/mol. The number of piperidine rings is 1. The molecule has 3 fully saturated rings. The quantitative estimate of drug-likeness (QED) is 0.880. The molecule has 4 rings (SSSR count). The normalized spacial score (nSPS) is 27.9. The number of nitrogens with one attached hydrogen (secondary N) is 1. The first kappa shape index (κ1) is 17.2. The number of hydrogen-bond donors (Lipinski definition) is 1. The molecule has 3 saturated heterocycles. The van der Waals surface area contributed by atoms with Crippen LogP contribution >= 0.6 is 0 Å². The molecule has 0 aliphatic carbocycles. The van der Waals surface area contributed by atoms with Crippen molar-refractivity contribution in [2.75, 3.05) is 38.2 Å². The summed E-state index contributed by atoms with van der Waals surface area (Å²) in [5.74, 6) is 1.67. The SMILES string of the molecule is Cc1ccc(NC2CCN3CCCC3C2)cc1OCC1CCOCC1. The molecule has 2 atom stereocenters. The van der Waals surface area contributed by atoms with Crippen molar-refractivity contribution in [2.24, 2.45) is 5.92 Å². The number of ether oxygens (including phenoxy) is 2. The lowest BCUT2D eigenvalue weighted by Crippen LogP contribution is -2.42. The third kappa shape index (κ3) is 4.29. The fraction of sp³-hybridized carbons (Fsp3) is 0.714.